The number of oxazole rings is 1. The average molecular weight is 305 g/mol. The molecule has 0 N–H and O–H groups in total. The monoisotopic (exact) mass is 303 g/mol. The van der Waals surface area contributed by atoms with Crippen molar-refractivity contribution < 1.29 is 8.81 Å². The van der Waals surface area contributed by atoms with Gasteiger partial charge in [0.05, 0.1) is 6.20 Å². The van der Waals surface area contributed by atoms with Crippen LogP contribution < -0.4 is 0 Å². The van der Waals surface area contributed by atoms with Gasteiger partial charge in [0.1, 0.15) is 11.2 Å². The van der Waals surface area contributed by atoms with Gasteiger partial charge in [0.2, 0.25) is 5.89 Å². The zero-order valence-corrected chi connectivity index (χ0v) is 10.7. The Morgan fingerprint density at radius 2 is 2.25 bits per heavy atom. The second-order valence-corrected chi connectivity index (χ2v) is 4.81. The van der Waals surface area contributed by atoms with E-state index in [2.05, 4.69) is 20.9 Å². The number of hydrogen-bond donors (Lipinski definition) is 0. The lowest BCUT2D eigenvalue weighted by Gasteiger charge is -2.00. The van der Waals surface area contributed by atoms with Crippen LogP contribution in [0.15, 0.2) is 33.3 Å². The SMILES string of the molecule is CC(Cl)c1ncc(-c2cc(F)ccc2Br)o1. The Bertz CT molecular complexity index is 512. The third-order valence-corrected chi connectivity index (χ3v) is 2.94. The summed E-state index contributed by atoms with van der Waals surface area (Å²) in [5.74, 6) is 0.594. The third kappa shape index (κ3) is 2.28. The number of halogens is 3. The summed E-state index contributed by atoms with van der Waals surface area (Å²) >= 11 is 9.16. The zero-order valence-electron chi connectivity index (χ0n) is 8.38. The first-order valence-electron chi connectivity index (χ1n) is 4.63. The van der Waals surface area contributed by atoms with Crippen LogP contribution in [0.1, 0.15) is 18.2 Å². The molecule has 2 aromatic rings. The van der Waals surface area contributed by atoms with Crippen molar-refractivity contribution >= 4 is 27.5 Å². The number of alkyl halides is 1. The third-order valence-electron chi connectivity index (χ3n) is 2.06. The van der Waals surface area contributed by atoms with Gasteiger partial charge in [0, 0.05) is 10.0 Å². The number of aromatic nitrogens is 1. The Balaban J connectivity index is 2.46. The van der Waals surface area contributed by atoms with Crippen molar-refractivity contribution in [1.82, 2.24) is 4.98 Å². The summed E-state index contributed by atoms with van der Waals surface area (Å²) in [5, 5.41) is -0.305. The molecule has 16 heavy (non-hydrogen) atoms. The Hall–Kier alpha value is -0.870. The van der Waals surface area contributed by atoms with Crippen LogP contribution in [-0.2, 0) is 0 Å². The molecule has 0 aliphatic heterocycles. The molecule has 0 saturated carbocycles. The number of nitrogens with zero attached hydrogens (tertiary/aromatic N) is 1. The molecule has 2 rings (SSSR count). The van der Waals surface area contributed by atoms with Crippen molar-refractivity contribution in [2.24, 2.45) is 0 Å². The predicted molar refractivity (Wildman–Crippen MR) is 63.9 cm³/mol. The van der Waals surface area contributed by atoms with E-state index in [0.29, 0.717) is 17.2 Å². The van der Waals surface area contributed by atoms with Gasteiger partial charge < -0.3 is 4.42 Å². The summed E-state index contributed by atoms with van der Waals surface area (Å²) in [6.07, 6.45) is 1.54. The lowest BCUT2D eigenvalue weighted by atomic mass is 10.2. The van der Waals surface area contributed by atoms with E-state index >= 15 is 0 Å². The maximum absolute atomic E-state index is 13.1. The molecular weight excluding hydrogens is 296 g/mol. The largest absolute Gasteiger partial charge is 0.439 e. The van der Waals surface area contributed by atoms with Gasteiger partial charge in [-0.15, -0.1) is 11.6 Å². The normalized spacial score (nSPS) is 12.8. The number of rotatable bonds is 2. The minimum absolute atomic E-state index is 0.305. The topological polar surface area (TPSA) is 26.0 Å². The molecule has 1 unspecified atom stereocenters. The fraction of sp³-hybridized carbons (Fsp3) is 0.182. The highest BCUT2D eigenvalue weighted by atomic mass is 79.9. The van der Waals surface area contributed by atoms with E-state index in [1.54, 1.807) is 13.0 Å². The van der Waals surface area contributed by atoms with Gasteiger partial charge in [0.25, 0.3) is 0 Å². The molecule has 0 saturated heterocycles. The first-order chi connectivity index (χ1) is 7.58. The van der Waals surface area contributed by atoms with Crippen molar-refractivity contribution in [2.45, 2.75) is 12.3 Å². The standard InChI is InChI=1S/C11H8BrClFNO/c1-6(13)11-15-5-10(16-11)8-4-7(14)2-3-9(8)12/h2-6H,1H3. The summed E-state index contributed by atoms with van der Waals surface area (Å²) in [4.78, 5) is 4.02. The Morgan fingerprint density at radius 3 is 2.88 bits per heavy atom. The molecule has 2 nitrogen and oxygen atoms in total. The lowest BCUT2D eigenvalue weighted by Crippen LogP contribution is -1.81. The quantitative estimate of drug-likeness (QED) is 0.761. The highest BCUT2D eigenvalue weighted by Crippen LogP contribution is 2.31. The zero-order chi connectivity index (χ0) is 11.7. The molecule has 0 spiro atoms. The Morgan fingerprint density at radius 1 is 1.50 bits per heavy atom. The van der Waals surface area contributed by atoms with E-state index < -0.39 is 0 Å². The van der Waals surface area contributed by atoms with Crippen LogP contribution in [0.4, 0.5) is 4.39 Å². The van der Waals surface area contributed by atoms with E-state index in [4.69, 9.17) is 16.0 Å². The molecule has 0 aliphatic carbocycles. The molecule has 84 valence electrons. The molecule has 1 heterocycles. The van der Waals surface area contributed by atoms with Gasteiger partial charge in [-0.1, -0.05) is 15.9 Å². The maximum Gasteiger partial charge on any atom is 0.212 e. The Labute approximate surface area is 106 Å². The van der Waals surface area contributed by atoms with Crippen molar-refractivity contribution in [3.8, 4) is 11.3 Å². The first kappa shape index (κ1) is 11.6. The number of benzene rings is 1. The van der Waals surface area contributed by atoms with Gasteiger partial charge in [0.15, 0.2) is 5.76 Å². The second-order valence-electron chi connectivity index (χ2n) is 3.30. The van der Waals surface area contributed by atoms with Crippen molar-refractivity contribution in [2.75, 3.05) is 0 Å². The molecule has 5 heteroatoms. The van der Waals surface area contributed by atoms with Crippen LogP contribution in [0.2, 0.25) is 0 Å². The van der Waals surface area contributed by atoms with Gasteiger partial charge in [-0.2, -0.15) is 0 Å². The summed E-state index contributed by atoms with van der Waals surface area (Å²) in [5.41, 5.74) is 0.621. The van der Waals surface area contributed by atoms with Crippen molar-refractivity contribution in [3.05, 3.63) is 40.6 Å². The van der Waals surface area contributed by atoms with Crippen LogP contribution in [0.5, 0.6) is 0 Å². The molecule has 0 aliphatic rings. The summed E-state index contributed by atoms with van der Waals surface area (Å²) < 4.78 is 19.3. The molecule has 0 fully saturated rings. The van der Waals surface area contributed by atoms with E-state index in [-0.39, 0.29) is 11.2 Å². The summed E-state index contributed by atoms with van der Waals surface area (Å²) in [6.45, 7) is 1.76. The highest BCUT2D eigenvalue weighted by Gasteiger charge is 2.13. The highest BCUT2D eigenvalue weighted by molar-refractivity contribution is 9.10. The molecule has 1 aromatic carbocycles. The van der Waals surface area contributed by atoms with Crippen LogP contribution in [0, 0.1) is 5.82 Å². The molecule has 1 atom stereocenters. The minimum Gasteiger partial charge on any atom is -0.439 e. The van der Waals surface area contributed by atoms with Gasteiger partial charge >= 0.3 is 0 Å². The fourth-order valence-corrected chi connectivity index (χ4v) is 1.83. The molecule has 0 radical (unpaired) electrons. The molecular formula is C11H8BrClFNO. The maximum atomic E-state index is 13.1. The van der Waals surface area contributed by atoms with Gasteiger partial charge in [-0.3, -0.25) is 0 Å². The van der Waals surface area contributed by atoms with Crippen LogP contribution in [0.3, 0.4) is 0 Å². The number of hydrogen-bond acceptors (Lipinski definition) is 2. The van der Waals surface area contributed by atoms with Gasteiger partial charge in [-0.05, 0) is 25.1 Å². The molecule has 0 amide bonds. The lowest BCUT2D eigenvalue weighted by molar-refractivity contribution is 0.507. The smallest absolute Gasteiger partial charge is 0.212 e. The second kappa shape index (κ2) is 4.55. The average Bonchev–Trinajstić information content (AvgIpc) is 2.70. The first-order valence-corrected chi connectivity index (χ1v) is 5.86. The minimum atomic E-state index is -0.324. The van der Waals surface area contributed by atoms with Gasteiger partial charge in [-0.25, -0.2) is 9.37 Å². The molecule has 0 bridgehead atoms. The van der Waals surface area contributed by atoms with Crippen LogP contribution in [-0.4, -0.2) is 4.98 Å². The Kier molecular flexibility index (Phi) is 3.30. The van der Waals surface area contributed by atoms with Crippen LogP contribution >= 0.6 is 27.5 Å². The predicted octanol–water partition coefficient (Wildman–Crippen LogP) is 4.54. The summed E-state index contributed by atoms with van der Waals surface area (Å²) in [6, 6.07) is 4.37. The fourth-order valence-electron chi connectivity index (χ4n) is 1.28. The van der Waals surface area contributed by atoms with E-state index in [0.717, 1.165) is 4.47 Å². The van der Waals surface area contributed by atoms with Crippen LogP contribution in [0.25, 0.3) is 11.3 Å². The van der Waals surface area contributed by atoms with Crippen molar-refractivity contribution in [3.63, 3.8) is 0 Å². The van der Waals surface area contributed by atoms with Crippen molar-refractivity contribution in [1.29, 1.82) is 0 Å². The molecule has 1 aromatic heterocycles. The van der Waals surface area contributed by atoms with E-state index in [1.807, 2.05) is 0 Å². The van der Waals surface area contributed by atoms with E-state index in [1.165, 1.54) is 18.3 Å². The van der Waals surface area contributed by atoms with E-state index in [9.17, 15) is 4.39 Å². The summed E-state index contributed by atoms with van der Waals surface area (Å²) in [7, 11) is 0.